The molecular weight excluding hydrogens is 304 g/mol. The maximum absolute atomic E-state index is 11.8. The van der Waals surface area contributed by atoms with E-state index in [0.717, 1.165) is 50.1 Å². The Balaban J connectivity index is 1.44. The van der Waals surface area contributed by atoms with Gasteiger partial charge in [0.05, 0.1) is 6.10 Å². The number of carbonyl (C=O) groups is 1. The lowest BCUT2D eigenvalue weighted by atomic mass is 9.93. The second-order valence-electron chi connectivity index (χ2n) is 7.03. The van der Waals surface area contributed by atoms with E-state index in [1.165, 1.54) is 12.8 Å². The molecule has 1 amide bonds. The predicted octanol–water partition coefficient (Wildman–Crippen LogP) is 1.98. The summed E-state index contributed by atoms with van der Waals surface area (Å²) in [5.74, 6) is 1.40. The zero-order valence-corrected chi connectivity index (χ0v) is 14.2. The van der Waals surface area contributed by atoms with E-state index < -0.39 is 0 Å². The third-order valence-corrected chi connectivity index (χ3v) is 4.89. The van der Waals surface area contributed by atoms with Gasteiger partial charge in [0.1, 0.15) is 5.75 Å². The molecule has 1 aromatic rings. The fourth-order valence-electron chi connectivity index (χ4n) is 3.10. The van der Waals surface area contributed by atoms with E-state index in [-0.39, 0.29) is 18.6 Å². The van der Waals surface area contributed by atoms with Crippen LogP contribution < -0.4 is 15.4 Å². The van der Waals surface area contributed by atoms with Gasteiger partial charge in [-0.05, 0) is 50.5 Å². The van der Waals surface area contributed by atoms with Crippen LogP contribution >= 0.6 is 0 Å². The second kappa shape index (κ2) is 8.49. The third-order valence-electron chi connectivity index (χ3n) is 4.89. The highest BCUT2D eigenvalue weighted by Crippen LogP contribution is 2.27. The Morgan fingerprint density at radius 3 is 2.62 bits per heavy atom. The quantitative estimate of drug-likeness (QED) is 0.681. The first-order valence-corrected chi connectivity index (χ1v) is 9.09. The van der Waals surface area contributed by atoms with Gasteiger partial charge in [-0.1, -0.05) is 18.2 Å². The Hall–Kier alpha value is -1.59. The number of hydrogen-bond donors (Lipinski definition) is 3. The molecule has 0 bridgehead atoms. The molecule has 2 saturated carbocycles. The van der Waals surface area contributed by atoms with Crippen LogP contribution in [0.5, 0.6) is 5.75 Å². The molecule has 0 atom stereocenters. The molecule has 0 aromatic heterocycles. The Morgan fingerprint density at radius 1 is 1.12 bits per heavy atom. The molecule has 0 saturated heterocycles. The van der Waals surface area contributed by atoms with Crippen molar-refractivity contribution in [2.75, 3.05) is 13.2 Å². The minimum atomic E-state index is -0.132. The van der Waals surface area contributed by atoms with Crippen molar-refractivity contribution in [3.05, 3.63) is 29.8 Å². The van der Waals surface area contributed by atoms with Crippen molar-refractivity contribution in [1.29, 1.82) is 0 Å². The topological polar surface area (TPSA) is 70.6 Å². The van der Waals surface area contributed by atoms with Gasteiger partial charge in [0.25, 0.3) is 5.91 Å². The van der Waals surface area contributed by atoms with Crippen LogP contribution in [-0.4, -0.2) is 36.3 Å². The zero-order chi connectivity index (χ0) is 16.8. The number of carbonyl (C=O) groups excluding carboxylic acids is 1. The molecule has 0 aliphatic heterocycles. The average Bonchev–Trinajstić information content (AvgIpc) is 3.43. The number of para-hydroxylation sites is 1. The Kier molecular flexibility index (Phi) is 6.10. The smallest absolute Gasteiger partial charge is 0.257 e. The number of amides is 1. The van der Waals surface area contributed by atoms with Gasteiger partial charge >= 0.3 is 0 Å². The molecule has 132 valence electrons. The molecule has 5 nitrogen and oxygen atoms in total. The van der Waals surface area contributed by atoms with Crippen molar-refractivity contribution in [2.24, 2.45) is 5.92 Å². The van der Waals surface area contributed by atoms with Crippen LogP contribution in [0.15, 0.2) is 24.3 Å². The van der Waals surface area contributed by atoms with Gasteiger partial charge in [-0.2, -0.15) is 0 Å². The highest BCUT2D eigenvalue weighted by atomic mass is 16.5. The van der Waals surface area contributed by atoms with Crippen LogP contribution in [0.3, 0.4) is 0 Å². The number of rotatable bonds is 8. The molecule has 2 fully saturated rings. The standard InChI is InChI=1S/C19H28N2O3/c22-17-9-7-16(8-10-17)20-12-15-3-1-2-4-18(15)24-13-19(23)21-11-14-5-6-14/h1-4,14,16-17,20,22H,5-13H2,(H,21,23). The van der Waals surface area contributed by atoms with E-state index in [1.807, 2.05) is 24.3 Å². The second-order valence-corrected chi connectivity index (χ2v) is 7.03. The van der Waals surface area contributed by atoms with E-state index in [1.54, 1.807) is 0 Å². The fraction of sp³-hybridized carbons (Fsp3) is 0.632. The van der Waals surface area contributed by atoms with E-state index in [4.69, 9.17) is 4.74 Å². The third kappa shape index (κ3) is 5.49. The molecule has 0 spiro atoms. The van der Waals surface area contributed by atoms with Crippen LogP contribution in [0.2, 0.25) is 0 Å². The van der Waals surface area contributed by atoms with Gasteiger partial charge in [0, 0.05) is 24.7 Å². The Labute approximate surface area is 143 Å². The molecule has 2 aliphatic rings. The molecule has 1 aromatic carbocycles. The number of aliphatic hydroxyl groups excluding tert-OH is 1. The zero-order valence-electron chi connectivity index (χ0n) is 14.2. The summed E-state index contributed by atoms with van der Waals surface area (Å²) in [6.07, 6.45) is 6.09. The summed E-state index contributed by atoms with van der Waals surface area (Å²) in [5.41, 5.74) is 1.07. The van der Waals surface area contributed by atoms with Gasteiger partial charge in [-0.15, -0.1) is 0 Å². The first kappa shape index (κ1) is 17.2. The molecule has 24 heavy (non-hydrogen) atoms. The molecule has 3 rings (SSSR count). The lowest BCUT2D eigenvalue weighted by Gasteiger charge is -2.26. The summed E-state index contributed by atoms with van der Waals surface area (Å²) in [6.45, 7) is 1.57. The van der Waals surface area contributed by atoms with Crippen molar-refractivity contribution in [3.63, 3.8) is 0 Å². The summed E-state index contributed by atoms with van der Waals surface area (Å²) in [4.78, 5) is 11.8. The molecular formula is C19H28N2O3. The van der Waals surface area contributed by atoms with Crippen LogP contribution in [0.4, 0.5) is 0 Å². The van der Waals surface area contributed by atoms with Crippen LogP contribution in [0.1, 0.15) is 44.1 Å². The minimum Gasteiger partial charge on any atom is -0.483 e. The van der Waals surface area contributed by atoms with Crippen LogP contribution in [-0.2, 0) is 11.3 Å². The lowest BCUT2D eigenvalue weighted by molar-refractivity contribution is -0.123. The average molecular weight is 332 g/mol. The Bertz CT molecular complexity index is 537. The highest BCUT2D eigenvalue weighted by Gasteiger charge is 2.22. The van der Waals surface area contributed by atoms with E-state index >= 15 is 0 Å². The van der Waals surface area contributed by atoms with E-state index in [9.17, 15) is 9.90 Å². The molecule has 3 N–H and O–H groups in total. The summed E-state index contributed by atoms with van der Waals surface area (Å²) in [6, 6.07) is 8.31. The van der Waals surface area contributed by atoms with E-state index in [0.29, 0.717) is 12.0 Å². The first-order valence-electron chi connectivity index (χ1n) is 9.09. The summed E-state index contributed by atoms with van der Waals surface area (Å²) >= 11 is 0. The van der Waals surface area contributed by atoms with Crippen molar-refractivity contribution in [3.8, 4) is 5.75 Å². The molecule has 0 radical (unpaired) electrons. The summed E-state index contributed by atoms with van der Waals surface area (Å²) < 4.78 is 5.72. The fourth-order valence-corrected chi connectivity index (χ4v) is 3.10. The molecule has 0 unspecified atom stereocenters. The van der Waals surface area contributed by atoms with Crippen molar-refractivity contribution >= 4 is 5.91 Å². The summed E-state index contributed by atoms with van der Waals surface area (Å²) in [7, 11) is 0. The van der Waals surface area contributed by atoms with Crippen LogP contribution in [0, 0.1) is 5.92 Å². The van der Waals surface area contributed by atoms with Crippen molar-refractivity contribution < 1.29 is 14.6 Å². The first-order chi connectivity index (χ1) is 11.7. The maximum Gasteiger partial charge on any atom is 0.257 e. The largest absolute Gasteiger partial charge is 0.483 e. The number of hydrogen-bond acceptors (Lipinski definition) is 4. The maximum atomic E-state index is 11.8. The highest BCUT2D eigenvalue weighted by molar-refractivity contribution is 5.77. The van der Waals surface area contributed by atoms with Gasteiger partial charge in [-0.3, -0.25) is 4.79 Å². The summed E-state index contributed by atoms with van der Waals surface area (Å²) in [5, 5.41) is 16.0. The normalized spacial score (nSPS) is 23.7. The molecule has 2 aliphatic carbocycles. The van der Waals surface area contributed by atoms with Crippen molar-refractivity contribution in [1.82, 2.24) is 10.6 Å². The lowest BCUT2D eigenvalue weighted by Crippen LogP contribution is -2.34. The van der Waals surface area contributed by atoms with Gasteiger partial charge in [0.2, 0.25) is 0 Å². The monoisotopic (exact) mass is 332 g/mol. The van der Waals surface area contributed by atoms with Gasteiger partial charge in [-0.25, -0.2) is 0 Å². The van der Waals surface area contributed by atoms with E-state index in [2.05, 4.69) is 10.6 Å². The molecule has 5 heteroatoms. The Morgan fingerprint density at radius 2 is 1.88 bits per heavy atom. The predicted molar refractivity (Wildman–Crippen MR) is 92.8 cm³/mol. The number of aliphatic hydroxyl groups is 1. The van der Waals surface area contributed by atoms with Gasteiger partial charge < -0.3 is 20.5 Å². The minimum absolute atomic E-state index is 0.0501. The SMILES string of the molecule is O=C(COc1ccccc1CNC1CCC(O)CC1)NCC1CC1. The number of benzene rings is 1. The van der Waals surface area contributed by atoms with Crippen LogP contribution in [0.25, 0.3) is 0 Å². The van der Waals surface area contributed by atoms with Gasteiger partial charge in [0.15, 0.2) is 6.61 Å². The van der Waals surface area contributed by atoms with Crippen molar-refractivity contribution in [2.45, 2.75) is 57.2 Å². The molecule has 0 heterocycles. The number of ether oxygens (including phenoxy) is 1. The number of nitrogens with one attached hydrogen (secondary N) is 2.